The van der Waals surface area contributed by atoms with E-state index in [2.05, 4.69) is 0 Å². The summed E-state index contributed by atoms with van der Waals surface area (Å²) in [5.41, 5.74) is 0.295. The van der Waals surface area contributed by atoms with Crippen LogP contribution in [0.25, 0.3) is 0 Å². The summed E-state index contributed by atoms with van der Waals surface area (Å²) in [6.45, 7) is 0.780. The van der Waals surface area contributed by atoms with Gasteiger partial charge in [-0.15, -0.1) is 0 Å². The molecule has 1 amide bonds. The summed E-state index contributed by atoms with van der Waals surface area (Å²) >= 11 is 0. The highest BCUT2D eigenvalue weighted by Gasteiger charge is 2.23. The number of hydrogen-bond acceptors (Lipinski definition) is 5. The predicted octanol–water partition coefficient (Wildman–Crippen LogP) is 0.386. The number of β-amino-alcohol motifs (C(OH)–C–C–N with tert-alkyl or cyclic N) is 1. The second-order valence-corrected chi connectivity index (χ2v) is 3.88. The molecule has 1 unspecified atom stereocenters. The van der Waals surface area contributed by atoms with Crippen LogP contribution >= 0.6 is 0 Å². The Hall–Kier alpha value is -1.99. The van der Waals surface area contributed by atoms with Crippen LogP contribution in [0.1, 0.15) is 10.4 Å². The Labute approximate surface area is 103 Å². The van der Waals surface area contributed by atoms with E-state index in [9.17, 15) is 20.0 Å². The number of morpholine rings is 1. The number of benzene rings is 1. The molecule has 0 spiro atoms. The number of aliphatic hydroxyl groups is 1. The molecule has 0 bridgehead atoms. The highest BCUT2D eigenvalue weighted by atomic mass is 16.6. The van der Waals surface area contributed by atoms with Gasteiger partial charge in [0.1, 0.15) is 0 Å². The monoisotopic (exact) mass is 252 g/mol. The van der Waals surface area contributed by atoms with Gasteiger partial charge in [0.2, 0.25) is 0 Å². The third kappa shape index (κ3) is 2.63. The fourth-order valence-electron chi connectivity index (χ4n) is 1.72. The van der Waals surface area contributed by atoms with Gasteiger partial charge in [-0.25, -0.2) is 0 Å². The van der Waals surface area contributed by atoms with Crippen molar-refractivity contribution in [3.63, 3.8) is 0 Å². The van der Waals surface area contributed by atoms with Crippen molar-refractivity contribution < 1.29 is 19.6 Å². The third-order valence-corrected chi connectivity index (χ3v) is 2.66. The van der Waals surface area contributed by atoms with E-state index in [1.165, 1.54) is 29.2 Å². The third-order valence-electron chi connectivity index (χ3n) is 2.66. The molecule has 0 saturated carbocycles. The average Bonchev–Trinajstić information content (AvgIpc) is 2.38. The van der Waals surface area contributed by atoms with Gasteiger partial charge >= 0.3 is 0 Å². The number of carbonyl (C=O) groups excluding carboxylic acids is 1. The highest BCUT2D eigenvalue weighted by molar-refractivity contribution is 5.94. The van der Waals surface area contributed by atoms with E-state index in [-0.39, 0.29) is 24.7 Å². The Balaban J connectivity index is 2.10. The van der Waals surface area contributed by atoms with Crippen molar-refractivity contribution in [2.45, 2.75) is 6.29 Å². The van der Waals surface area contributed by atoms with Crippen LogP contribution in [0.2, 0.25) is 0 Å². The van der Waals surface area contributed by atoms with Gasteiger partial charge in [-0.3, -0.25) is 14.9 Å². The average molecular weight is 252 g/mol. The number of aliphatic hydroxyl groups excluding tert-OH is 1. The molecule has 0 radical (unpaired) electrons. The molecule has 1 heterocycles. The molecule has 1 aromatic carbocycles. The normalized spacial score (nSPS) is 19.6. The number of nitro groups is 1. The van der Waals surface area contributed by atoms with Gasteiger partial charge in [0.05, 0.1) is 18.1 Å². The minimum atomic E-state index is -0.972. The topological polar surface area (TPSA) is 92.9 Å². The lowest BCUT2D eigenvalue weighted by molar-refractivity contribution is -0.384. The summed E-state index contributed by atoms with van der Waals surface area (Å²) in [6, 6.07) is 5.37. The summed E-state index contributed by atoms with van der Waals surface area (Å²) in [5.74, 6) is -0.271. The van der Waals surface area contributed by atoms with Crippen LogP contribution in [0.3, 0.4) is 0 Å². The molecule has 96 valence electrons. The van der Waals surface area contributed by atoms with E-state index in [1.54, 1.807) is 0 Å². The number of non-ortho nitro benzene ring substituents is 1. The lowest BCUT2D eigenvalue weighted by Gasteiger charge is -2.30. The minimum absolute atomic E-state index is 0.0615. The molecule has 1 N–H and O–H groups in total. The molecular weight excluding hydrogens is 240 g/mol. The molecule has 0 aliphatic carbocycles. The smallest absolute Gasteiger partial charge is 0.269 e. The van der Waals surface area contributed by atoms with E-state index in [1.807, 2.05) is 0 Å². The first-order chi connectivity index (χ1) is 8.58. The van der Waals surface area contributed by atoms with Crippen LogP contribution in [-0.4, -0.2) is 46.8 Å². The molecule has 0 aromatic heterocycles. The van der Waals surface area contributed by atoms with Gasteiger partial charge < -0.3 is 14.7 Å². The summed E-state index contributed by atoms with van der Waals surface area (Å²) in [5, 5.41) is 19.8. The van der Waals surface area contributed by atoms with Gasteiger partial charge in [-0.2, -0.15) is 0 Å². The molecule has 7 heteroatoms. The first kappa shape index (κ1) is 12.5. The van der Waals surface area contributed by atoms with Gasteiger partial charge in [0.25, 0.3) is 11.6 Å². The maximum absolute atomic E-state index is 12.0. The Kier molecular flexibility index (Phi) is 3.54. The number of amides is 1. The van der Waals surface area contributed by atoms with Crippen LogP contribution in [0.15, 0.2) is 24.3 Å². The van der Waals surface area contributed by atoms with Crippen LogP contribution in [0, 0.1) is 10.1 Å². The van der Waals surface area contributed by atoms with Crippen molar-refractivity contribution >= 4 is 11.6 Å². The van der Waals surface area contributed by atoms with Gasteiger partial charge in [0.15, 0.2) is 6.29 Å². The quantitative estimate of drug-likeness (QED) is 0.607. The van der Waals surface area contributed by atoms with E-state index in [4.69, 9.17) is 4.74 Å². The van der Waals surface area contributed by atoms with E-state index in [0.29, 0.717) is 12.1 Å². The molecule has 1 aromatic rings. The highest BCUT2D eigenvalue weighted by Crippen LogP contribution is 2.14. The van der Waals surface area contributed by atoms with E-state index in [0.717, 1.165) is 0 Å². The molecule has 2 rings (SSSR count). The summed E-state index contributed by atoms with van der Waals surface area (Å²) in [7, 11) is 0. The van der Waals surface area contributed by atoms with Crippen molar-refractivity contribution in [2.75, 3.05) is 19.7 Å². The number of ether oxygens (including phenoxy) is 1. The lowest BCUT2D eigenvalue weighted by atomic mass is 10.1. The van der Waals surface area contributed by atoms with Crippen LogP contribution in [0.5, 0.6) is 0 Å². The van der Waals surface area contributed by atoms with Gasteiger partial charge in [-0.05, 0) is 12.1 Å². The Morgan fingerprint density at radius 3 is 2.67 bits per heavy atom. The number of nitro benzene ring substituents is 1. The zero-order chi connectivity index (χ0) is 13.1. The SMILES string of the molecule is O=C(c1ccc([N+](=O)[O-])cc1)N1CCOC(O)C1. The standard InChI is InChI=1S/C11H12N2O5/c14-10-7-12(5-6-18-10)11(15)8-1-3-9(4-2-8)13(16)17/h1-4,10,14H,5-7H2. The molecule has 1 atom stereocenters. The summed E-state index contributed by atoms with van der Waals surface area (Å²) in [6.07, 6.45) is -0.972. The van der Waals surface area contributed by atoms with Crippen LogP contribution in [-0.2, 0) is 4.74 Å². The second kappa shape index (κ2) is 5.11. The molecular formula is C11H12N2O5. The first-order valence-electron chi connectivity index (χ1n) is 5.41. The van der Waals surface area contributed by atoms with E-state index < -0.39 is 11.2 Å². The number of hydrogen-bond donors (Lipinski definition) is 1. The Morgan fingerprint density at radius 2 is 2.11 bits per heavy atom. The van der Waals surface area contributed by atoms with E-state index >= 15 is 0 Å². The predicted molar refractivity (Wildman–Crippen MR) is 61.0 cm³/mol. The fraction of sp³-hybridized carbons (Fsp3) is 0.364. The minimum Gasteiger partial charge on any atom is -0.366 e. The zero-order valence-corrected chi connectivity index (χ0v) is 9.48. The van der Waals surface area contributed by atoms with Crippen LogP contribution in [0.4, 0.5) is 5.69 Å². The van der Waals surface area contributed by atoms with Crippen molar-refractivity contribution in [3.8, 4) is 0 Å². The molecule has 18 heavy (non-hydrogen) atoms. The fourth-order valence-corrected chi connectivity index (χ4v) is 1.72. The zero-order valence-electron chi connectivity index (χ0n) is 9.48. The summed E-state index contributed by atoms with van der Waals surface area (Å²) in [4.78, 5) is 23.4. The maximum atomic E-state index is 12.0. The van der Waals surface area contributed by atoms with Gasteiger partial charge in [-0.1, -0.05) is 0 Å². The first-order valence-corrected chi connectivity index (χ1v) is 5.41. The molecule has 1 saturated heterocycles. The van der Waals surface area contributed by atoms with Gasteiger partial charge in [0, 0.05) is 24.2 Å². The van der Waals surface area contributed by atoms with Crippen molar-refractivity contribution in [2.24, 2.45) is 0 Å². The largest absolute Gasteiger partial charge is 0.366 e. The molecule has 1 fully saturated rings. The number of carbonyl (C=O) groups is 1. The maximum Gasteiger partial charge on any atom is 0.269 e. The number of nitrogens with zero attached hydrogens (tertiary/aromatic N) is 2. The number of rotatable bonds is 2. The summed E-state index contributed by atoms with van der Waals surface area (Å²) < 4.78 is 4.92. The lowest BCUT2D eigenvalue weighted by Crippen LogP contribution is -2.45. The second-order valence-electron chi connectivity index (χ2n) is 3.88. The van der Waals surface area contributed by atoms with Crippen molar-refractivity contribution in [3.05, 3.63) is 39.9 Å². The molecule has 1 aliphatic heterocycles. The van der Waals surface area contributed by atoms with Crippen molar-refractivity contribution in [1.82, 2.24) is 4.90 Å². The van der Waals surface area contributed by atoms with Crippen molar-refractivity contribution in [1.29, 1.82) is 0 Å². The van der Waals surface area contributed by atoms with Crippen LogP contribution < -0.4 is 0 Å². The molecule has 1 aliphatic rings. The molecule has 7 nitrogen and oxygen atoms in total. The Morgan fingerprint density at radius 1 is 1.44 bits per heavy atom. The Bertz CT molecular complexity index is 459.